The van der Waals surface area contributed by atoms with Crippen molar-refractivity contribution in [3.63, 3.8) is 0 Å². The summed E-state index contributed by atoms with van der Waals surface area (Å²) < 4.78 is 0. The van der Waals surface area contributed by atoms with Gasteiger partial charge in [0.15, 0.2) is 0 Å². The fourth-order valence-corrected chi connectivity index (χ4v) is 2.33. The lowest BCUT2D eigenvalue weighted by Gasteiger charge is -2.08. The molecular weight excluding hydrogens is 350 g/mol. The molecule has 0 atom stereocenters. The van der Waals surface area contributed by atoms with Crippen LogP contribution in [0.1, 0.15) is 21.6 Å². The molecule has 1 heterocycles. The van der Waals surface area contributed by atoms with E-state index in [4.69, 9.17) is 16.9 Å². The second-order valence-corrected chi connectivity index (χ2v) is 5.93. The summed E-state index contributed by atoms with van der Waals surface area (Å²) in [5.74, 6) is 0.118. The van der Waals surface area contributed by atoms with E-state index in [0.29, 0.717) is 22.1 Å². The molecule has 0 unspecified atom stereocenters. The minimum absolute atomic E-state index is 0.187. The van der Waals surface area contributed by atoms with Crippen molar-refractivity contribution in [2.24, 2.45) is 0 Å². The maximum absolute atomic E-state index is 12.2. The lowest BCUT2D eigenvalue weighted by molar-refractivity contribution is 0.102. The van der Waals surface area contributed by atoms with Crippen molar-refractivity contribution in [3.8, 4) is 6.07 Å². The monoisotopic (exact) mass is 363 g/mol. The number of anilines is 3. The number of aryl methyl sites for hydroxylation is 1. The van der Waals surface area contributed by atoms with Crippen LogP contribution >= 0.6 is 11.6 Å². The average molecular weight is 364 g/mol. The number of rotatable bonds is 4. The minimum Gasteiger partial charge on any atom is -0.339 e. The summed E-state index contributed by atoms with van der Waals surface area (Å²) in [5, 5.41) is 15.2. The van der Waals surface area contributed by atoms with Crippen LogP contribution in [0.5, 0.6) is 0 Å². The zero-order chi connectivity index (χ0) is 18.5. The third-order valence-corrected chi connectivity index (χ3v) is 4.01. The molecule has 3 rings (SSSR count). The Morgan fingerprint density at radius 1 is 1.08 bits per heavy atom. The summed E-state index contributed by atoms with van der Waals surface area (Å²) in [6, 6.07) is 14.3. The van der Waals surface area contributed by atoms with Gasteiger partial charge in [0.05, 0.1) is 24.0 Å². The maximum Gasteiger partial charge on any atom is 0.275 e. The highest BCUT2D eigenvalue weighted by Gasteiger charge is 2.09. The average Bonchev–Trinajstić information content (AvgIpc) is 2.66. The van der Waals surface area contributed by atoms with E-state index in [9.17, 15) is 4.79 Å². The lowest BCUT2D eigenvalue weighted by Crippen LogP contribution is -2.14. The fraction of sp³-hybridized carbons (Fsp3) is 0.0526. The van der Waals surface area contributed by atoms with E-state index in [1.165, 1.54) is 12.4 Å². The van der Waals surface area contributed by atoms with Crippen LogP contribution < -0.4 is 10.6 Å². The summed E-state index contributed by atoms with van der Waals surface area (Å²) in [5.41, 5.74) is 3.05. The van der Waals surface area contributed by atoms with Crippen LogP contribution in [0.15, 0.2) is 54.9 Å². The number of carbonyl (C=O) groups is 1. The lowest BCUT2D eigenvalue weighted by atomic mass is 10.2. The summed E-state index contributed by atoms with van der Waals surface area (Å²) in [7, 11) is 0. The smallest absolute Gasteiger partial charge is 0.275 e. The van der Waals surface area contributed by atoms with Crippen LogP contribution in [0.3, 0.4) is 0 Å². The van der Waals surface area contributed by atoms with Gasteiger partial charge in [-0.2, -0.15) is 5.26 Å². The van der Waals surface area contributed by atoms with E-state index in [2.05, 4.69) is 26.7 Å². The van der Waals surface area contributed by atoms with Crippen molar-refractivity contribution >= 4 is 34.7 Å². The number of hydrogen-bond acceptors (Lipinski definition) is 5. The molecule has 0 saturated carbocycles. The highest BCUT2D eigenvalue weighted by atomic mass is 35.5. The number of nitrogens with zero attached hydrogens (tertiary/aromatic N) is 3. The Labute approximate surface area is 155 Å². The molecular formula is C19H14ClN5O. The van der Waals surface area contributed by atoms with E-state index in [1.807, 2.05) is 13.0 Å². The van der Waals surface area contributed by atoms with Crippen molar-refractivity contribution in [2.45, 2.75) is 6.92 Å². The van der Waals surface area contributed by atoms with Gasteiger partial charge in [-0.1, -0.05) is 17.7 Å². The van der Waals surface area contributed by atoms with Gasteiger partial charge in [-0.3, -0.25) is 4.79 Å². The molecule has 0 aliphatic carbocycles. The molecule has 7 heteroatoms. The van der Waals surface area contributed by atoms with Crippen LogP contribution in [0, 0.1) is 18.3 Å². The molecule has 26 heavy (non-hydrogen) atoms. The minimum atomic E-state index is -0.373. The van der Waals surface area contributed by atoms with E-state index >= 15 is 0 Å². The van der Waals surface area contributed by atoms with Crippen molar-refractivity contribution in [1.82, 2.24) is 9.97 Å². The third-order valence-electron chi connectivity index (χ3n) is 3.60. The summed E-state index contributed by atoms with van der Waals surface area (Å²) >= 11 is 6.05. The highest BCUT2D eigenvalue weighted by Crippen LogP contribution is 2.20. The molecule has 0 fully saturated rings. The number of hydrogen-bond donors (Lipinski definition) is 2. The van der Waals surface area contributed by atoms with Crippen LogP contribution in [-0.4, -0.2) is 15.9 Å². The van der Waals surface area contributed by atoms with Gasteiger partial charge < -0.3 is 10.6 Å². The predicted octanol–water partition coefficient (Wildman–Crippen LogP) is 4.31. The van der Waals surface area contributed by atoms with Gasteiger partial charge in [0, 0.05) is 16.4 Å². The molecule has 0 saturated heterocycles. The number of nitrogens with one attached hydrogen (secondary N) is 2. The standard InChI is InChI=1S/C19H14ClN5O/c1-12-2-5-15(8-16(12)20)25-19(26)17-10-23-18(11-22-17)24-14-6-3-13(9-21)4-7-14/h2-8,10-11H,1H3,(H,23,24)(H,25,26). The first-order valence-corrected chi connectivity index (χ1v) is 8.10. The summed E-state index contributed by atoms with van der Waals surface area (Å²) in [6.07, 6.45) is 2.85. The molecule has 3 aromatic rings. The summed E-state index contributed by atoms with van der Waals surface area (Å²) in [4.78, 5) is 20.6. The molecule has 0 bridgehead atoms. The van der Waals surface area contributed by atoms with E-state index in [1.54, 1.807) is 36.4 Å². The van der Waals surface area contributed by atoms with Crippen LogP contribution in [0.4, 0.5) is 17.2 Å². The Balaban J connectivity index is 1.67. The molecule has 0 aliphatic heterocycles. The van der Waals surface area contributed by atoms with Crippen LogP contribution in [0.2, 0.25) is 5.02 Å². The maximum atomic E-state index is 12.2. The Morgan fingerprint density at radius 3 is 2.42 bits per heavy atom. The zero-order valence-corrected chi connectivity index (χ0v) is 14.6. The summed E-state index contributed by atoms with van der Waals surface area (Å²) in [6.45, 7) is 1.89. The number of aromatic nitrogens is 2. The molecule has 1 aromatic heterocycles. The third kappa shape index (κ3) is 4.15. The number of halogens is 1. The van der Waals surface area contributed by atoms with Gasteiger partial charge in [0.1, 0.15) is 11.5 Å². The fourth-order valence-electron chi connectivity index (χ4n) is 2.15. The number of amides is 1. The van der Waals surface area contributed by atoms with Crippen molar-refractivity contribution in [2.75, 3.05) is 10.6 Å². The first kappa shape index (κ1) is 17.4. The molecule has 6 nitrogen and oxygen atoms in total. The van der Waals surface area contributed by atoms with E-state index in [-0.39, 0.29) is 11.6 Å². The van der Waals surface area contributed by atoms with Crippen LogP contribution in [0.25, 0.3) is 0 Å². The molecule has 128 valence electrons. The Morgan fingerprint density at radius 2 is 1.81 bits per heavy atom. The van der Waals surface area contributed by atoms with Crippen molar-refractivity contribution in [1.29, 1.82) is 5.26 Å². The number of nitriles is 1. The number of benzene rings is 2. The quantitative estimate of drug-likeness (QED) is 0.720. The van der Waals surface area contributed by atoms with Gasteiger partial charge in [-0.15, -0.1) is 0 Å². The van der Waals surface area contributed by atoms with Gasteiger partial charge >= 0.3 is 0 Å². The SMILES string of the molecule is Cc1ccc(NC(=O)c2cnc(Nc3ccc(C#N)cc3)cn2)cc1Cl. The molecule has 0 radical (unpaired) electrons. The van der Waals surface area contributed by atoms with Gasteiger partial charge in [-0.25, -0.2) is 9.97 Å². The van der Waals surface area contributed by atoms with Crippen molar-refractivity contribution in [3.05, 3.63) is 76.7 Å². The Hall–Kier alpha value is -3.43. The first-order valence-electron chi connectivity index (χ1n) is 7.72. The molecule has 1 amide bonds. The molecule has 2 aromatic carbocycles. The molecule has 0 aliphatic rings. The highest BCUT2D eigenvalue weighted by molar-refractivity contribution is 6.31. The second kappa shape index (κ2) is 7.64. The second-order valence-electron chi connectivity index (χ2n) is 5.52. The van der Waals surface area contributed by atoms with Gasteiger partial charge in [0.2, 0.25) is 0 Å². The topological polar surface area (TPSA) is 90.7 Å². The van der Waals surface area contributed by atoms with Crippen LogP contribution in [-0.2, 0) is 0 Å². The van der Waals surface area contributed by atoms with Gasteiger partial charge in [-0.05, 0) is 48.9 Å². The molecule has 0 spiro atoms. The normalized spacial score (nSPS) is 10.0. The molecule has 2 N–H and O–H groups in total. The zero-order valence-electron chi connectivity index (χ0n) is 13.8. The number of carbonyl (C=O) groups excluding carboxylic acids is 1. The van der Waals surface area contributed by atoms with E-state index in [0.717, 1.165) is 11.3 Å². The largest absolute Gasteiger partial charge is 0.339 e. The Kier molecular flexibility index (Phi) is 5.11. The van der Waals surface area contributed by atoms with Gasteiger partial charge in [0.25, 0.3) is 5.91 Å². The predicted molar refractivity (Wildman–Crippen MR) is 101 cm³/mol. The Bertz CT molecular complexity index is 978. The van der Waals surface area contributed by atoms with E-state index < -0.39 is 0 Å². The first-order chi connectivity index (χ1) is 12.5. The van der Waals surface area contributed by atoms with Crippen molar-refractivity contribution < 1.29 is 4.79 Å².